The number of benzene rings is 1. The summed E-state index contributed by atoms with van der Waals surface area (Å²) in [7, 11) is -3.72. The summed E-state index contributed by atoms with van der Waals surface area (Å²) in [5.74, 6) is 0.213. The van der Waals surface area contributed by atoms with Crippen LogP contribution >= 0.6 is 0 Å². The Morgan fingerprint density at radius 3 is 2.89 bits per heavy atom. The van der Waals surface area contributed by atoms with E-state index in [0.29, 0.717) is 30.2 Å². The van der Waals surface area contributed by atoms with E-state index in [1.807, 2.05) is 6.92 Å². The first-order valence-electron chi connectivity index (χ1n) is 8.86. The van der Waals surface area contributed by atoms with Crippen molar-refractivity contribution < 1.29 is 13.2 Å². The van der Waals surface area contributed by atoms with Gasteiger partial charge in [-0.25, -0.2) is 0 Å². The molecule has 1 aromatic heterocycles. The molecule has 1 amide bonds. The van der Waals surface area contributed by atoms with Crippen LogP contribution in [0, 0.1) is 12.8 Å². The molecule has 1 saturated heterocycles. The van der Waals surface area contributed by atoms with Crippen LogP contribution in [0.1, 0.15) is 28.8 Å². The van der Waals surface area contributed by atoms with Gasteiger partial charge in [-0.1, -0.05) is 12.1 Å². The fourth-order valence-corrected chi connectivity index (χ4v) is 4.78. The zero-order chi connectivity index (χ0) is 19.0. The highest BCUT2D eigenvalue weighted by Crippen LogP contribution is 2.30. The predicted octanol–water partition coefficient (Wildman–Crippen LogP) is 2.46. The minimum absolute atomic E-state index is 0.0562. The average Bonchev–Trinajstić information content (AvgIpc) is 2.67. The van der Waals surface area contributed by atoms with Gasteiger partial charge in [0.2, 0.25) is 0 Å². The number of amidine groups is 1. The lowest BCUT2D eigenvalue weighted by atomic mass is 9.95. The zero-order valence-electron chi connectivity index (χ0n) is 14.9. The van der Waals surface area contributed by atoms with Gasteiger partial charge in [-0.2, -0.15) is 8.42 Å². The minimum atomic E-state index is -3.72. The molecule has 7 nitrogen and oxygen atoms in total. The van der Waals surface area contributed by atoms with Crippen LogP contribution in [-0.4, -0.2) is 43.1 Å². The first-order chi connectivity index (χ1) is 13.0. The largest absolute Gasteiger partial charge is 0.342 e. The number of aromatic nitrogens is 1. The van der Waals surface area contributed by atoms with Crippen LogP contribution in [0.5, 0.6) is 0 Å². The number of anilines is 1. The van der Waals surface area contributed by atoms with E-state index >= 15 is 0 Å². The number of pyridine rings is 1. The van der Waals surface area contributed by atoms with E-state index in [2.05, 4.69) is 14.7 Å². The molecule has 8 heteroatoms. The van der Waals surface area contributed by atoms with Crippen LogP contribution in [0.2, 0.25) is 0 Å². The number of nitrogens with zero attached hydrogens (tertiary/aromatic N) is 3. The van der Waals surface area contributed by atoms with Crippen LogP contribution in [0.15, 0.2) is 52.0 Å². The third kappa shape index (κ3) is 3.32. The molecule has 0 spiro atoms. The number of carbonyl (C=O) groups excluding carboxylic acids is 1. The third-order valence-electron chi connectivity index (χ3n) is 4.99. The summed E-state index contributed by atoms with van der Waals surface area (Å²) >= 11 is 0. The Bertz CT molecular complexity index is 1030. The summed E-state index contributed by atoms with van der Waals surface area (Å²) in [6.07, 6.45) is 4.86. The van der Waals surface area contributed by atoms with Crippen LogP contribution in [0.4, 0.5) is 5.69 Å². The van der Waals surface area contributed by atoms with Gasteiger partial charge in [-0.3, -0.25) is 9.78 Å². The Labute approximate surface area is 158 Å². The van der Waals surface area contributed by atoms with Gasteiger partial charge in [0.15, 0.2) is 0 Å². The third-order valence-corrected chi connectivity index (χ3v) is 6.34. The molecular weight excluding hydrogens is 364 g/mol. The highest BCUT2D eigenvalue weighted by molar-refractivity contribution is 7.90. The van der Waals surface area contributed by atoms with Crippen molar-refractivity contribution in [3.05, 3.63) is 53.9 Å². The molecule has 1 aromatic carbocycles. The number of carbonyl (C=O) groups is 1. The number of amides is 1. The average molecular weight is 384 g/mol. The van der Waals surface area contributed by atoms with Crippen molar-refractivity contribution in [1.29, 1.82) is 0 Å². The molecule has 0 aliphatic carbocycles. The second kappa shape index (κ2) is 6.77. The lowest BCUT2D eigenvalue weighted by Crippen LogP contribution is -2.44. The Balaban J connectivity index is 1.58. The van der Waals surface area contributed by atoms with Gasteiger partial charge in [0.05, 0.1) is 5.69 Å². The minimum Gasteiger partial charge on any atom is -0.342 e. The molecule has 2 aliphatic heterocycles. The maximum Gasteiger partial charge on any atom is 0.286 e. The highest BCUT2D eigenvalue weighted by atomic mass is 32.2. The summed E-state index contributed by atoms with van der Waals surface area (Å²) in [5.41, 5.74) is 1.99. The smallest absolute Gasteiger partial charge is 0.286 e. The first kappa shape index (κ1) is 17.7. The fourth-order valence-electron chi connectivity index (χ4n) is 3.58. The lowest BCUT2D eigenvalue weighted by molar-refractivity contribution is 0.0702. The molecule has 2 aromatic rings. The molecule has 3 heterocycles. The van der Waals surface area contributed by atoms with E-state index in [9.17, 15) is 13.2 Å². The number of hydrogen-bond acceptors (Lipinski definition) is 5. The Morgan fingerprint density at radius 2 is 2.07 bits per heavy atom. The van der Waals surface area contributed by atoms with Crippen molar-refractivity contribution in [3.8, 4) is 0 Å². The summed E-state index contributed by atoms with van der Waals surface area (Å²) in [5, 5.41) is 3.16. The molecule has 1 fully saturated rings. The number of likely N-dealkylation sites (tertiary alicyclic amines) is 1. The number of rotatable bonds is 2. The quantitative estimate of drug-likeness (QED) is 0.859. The van der Waals surface area contributed by atoms with E-state index in [0.717, 1.165) is 18.4 Å². The Kier molecular flexibility index (Phi) is 4.43. The predicted molar refractivity (Wildman–Crippen MR) is 102 cm³/mol. The van der Waals surface area contributed by atoms with E-state index in [1.54, 1.807) is 47.6 Å². The molecule has 1 unspecified atom stereocenters. The molecule has 1 N–H and O–H groups in total. The molecule has 140 valence electrons. The van der Waals surface area contributed by atoms with Crippen molar-refractivity contribution in [2.24, 2.45) is 10.3 Å². The van der Waals surface area contributed by atoms with Crippen LogP contribution in [0.3, 0.4) is 0 Å². The van der Waals surface area contributed by atoms with Gasteiger partial charge in [-0.05, 0) is 43.5 Å². The normalized spacial score (nSPS) is 21.0. The van der Waals surface area contributed by atoms with Gasteiger partial charge < -0.3 is 10.2 Å². The van der Waals surface area contributed by atoms with Crippen molar-refractivity contribution in [2.45, 2.75) is 24.7 Å². The molecule has 0 saturated carbocycles. The molecule has 1 atom stereocenters. The second-order valence-corrected chi connectivity index (χ2v) is 8.43. The number of para-hydroxylation sites is 1. The van der Waals surface area contributed by atoms with E-state index in [1.165, 1.54) is 0 Å². The van der Waals surface area contributed by atoms with Crippen molar-refractivity contribution in [2.75, 3.05) is 18.4 Å². The number of aryl methyl sites for hydroxylation is 1. The van der Waals surface area contributed by atoms with E-state index in [4.69, 9.17) is 0 Å². The lowest BCUT2D eigenvalue weighted by Gasteiger charge is -2.34. The Hall–Kier alpha value is -2.74. The molecule has 0 radical (unpaired) electrons. The number of fused-ring (bicyclic) bond motifs is 1. The zero-order valence-corrected chi connectivity index (χ0v) is 15.7. The maximum atomic E-state index is 12.9. The number of hydrogen-bond donors (Lipinski definition) is 1. The van der Waals surface area contributed by atoms with Crippen molar-refractivity contribution >= 4 is 27.5 Å². The summed E-state index contributed by atoms with van der Waals surface area (Å²) < 4.78 is 29.0. The SMILES string of the molecule is Cc1cnccc1C(=O)N1CCCC(C2=NS(=O)(=O)c3ccccc3N2)C1. The van der Waals surface area contributed by atoms with E-state index in [-0.39, 0.29) is 16.7 Å². The summed E-state index contributed by atoms with van der Waals surface area (Å²) in [4.78, 5) is 18.9. The fraction of sp³-hybridized carbons (Fsp3) is 0.316. The van der Waals surface area contributed by atoms with Gasteiger partial charge in [0.25, 0.3) is 15.9 Å². The topological polar surface area (TPSA) is 91.7 Å². The van der Waals surface area contributed by atoms with Gasteiger partial charge >= 0.3 is 0 Å². The molecule has 27 heavy (non-hydrogen) atoms. The number of piperidine rings is 1. The standard InChI is InChI=1S/C19H20N4O3S/c1-13-11-20-9-8-15(13)19(24)23-10-4-5-14(12-23)18-21-16-6-2-3-7-17(16)27(25,26)22-18/h2-3,6-9,11,14H,4-5,10,12H2,1H3,(H,21,22). The number of sulfonamides is 1. The maximum absolute atomic E-state index is 12.9. The molecule has 2 aliphatic rings. The highest BCUT2D eigenvalue weighted by Gasteiger charge is 2.33. The molecule has 0 bridgehead atoms. The summed E-state index contributed by atoms with van der Waals surface area (Å²) in [6.45, 7) is 2.94. The first-order valence-corrected chi connectivity index (χ1v) is 10.3. The van der Waals surface area contributed by atoms with Gasteiger partial charge in [0, 0.05) is 37.0 Å². The Morgan fingerprint density at radius 1 is 1.26 bits per heavy atom. The second-order valence-electron chi connectivity index (χ2n) is 6.85. The van der Waals surface area contributed by atoms with Gasteiger partial charge in [-0.15, -0.1) is 4.40 Å². The van der Waals surface area contributed by atoms with Gasteiger partial charge in [0.1, 0.15) is 10.7 Å². The van der Waals surface area contributed by atoms with Crippen molar-refractivity contribution in [1.82, 2.24) is 9.88 Å². The van der Waals surface area contributed by atoms with E-state index < -0.39 is 10.0 Å². The monoisotopic (exact) mass is 384 g/mol. The molecular formula is C19H20N4O3S. The van der Waals surface area contributed by atoms with Crippen LogP contribution < -0.4 is 5.32 Å². The molecule has 4 rings (SSSR count). The summed E-state index contributed by atoms with van der Waals surface area (Å²) in [6, 6.07) is 8.46. The van der Waals surface area contributed by atoms with Crippen LogP contribution in [0.25, 0.3) is 0 Å². The number of nitrogens with one attached hydrogen (secondary N) is 1. The van der Waals surface area contributed by atoms with Crippen molar-refractivity contribution in [3.63, 3.8) is 0 Å². The van der Waals surface area contributed by atoms with Crippen LogP contribution in [-0.2, 0) is 10.0 Å².